The Kier molecular flexibility index (Phi) is 6.80. The summed E-state index contributed by atoms with van der Waals surface area (Å²) in [4.78, 5) is 24.4. The SMILES string of the molecule is COc1ccc(Cl)cc1CN(C)C(=O)CCNc1ccccc1[N+](=O)[O-]. The van der Waals surface area contributed by atoms with Crippen LogP contribution in [0.2, 0.25) is 5.02 Å². The molecule has 0 spiro atoms. The van der Waals surface area contributed by atoms with Crippen LogP contribution in [0.15, 0.2) is 42.5 Å². The van der Waals surface area contributed by atoms with Crippen molar-refractivity contribution in [3.8, 4) is 5.75 Å². The Morgan fingerprint density at radius 2 is 2.04 bits per heavy atom. The van der Waals surface area contributed by atoms with Gasteiger partial charge in [-0.3, -0.25) is 14.9 Å². The van der Waals surface area contributed by atoms with E-state index in [1.54, 1.807) is 55.5 Å². The number of carbonyl (C=O) groups is 1. The number of nitro benzene ring substituents is 1. The van der Waals surface area contributed by atoms with Crippen LogP contribution in [0.5, 0.6) is 5.75 Å². The van der Waals surface area contributed by atoms with Crippen molar-refractivity contribution >= 4 is 28.9 Å². The van der Waals surface area contributed by atoms with Gasteiger partial charge in [0, 0.05) is 43.2 Å². The Bertz CT molecular complexity index is 798. The van der Waals surface area contributed by atoms with Gasteiger partial charge < -0.3 is 15.0 Å². The fraction of sp³-hybridized carbons (Fsp3) is 0.278. The highest BCUT2D eigenvalue weighted by atomic mass is 35.5. The molecule has 0 fully saturated rings. The van der Waals surface area contributed by atoms with E-state index in [-0.39, 0.29) is 18.0 Å². The van der Waals surface area contributed by atoms with E-state index in [4.69, 9.17) is 16.3 Å². The summed E-state index contributed by atoms with van der Waals surface area (Å²) in [6.45, 7) is 0.648. The van der Waals surface area contributed by atoms with E-state index >= 15 is 0 Å². The van der Waals surface area contributed by atoms with Crippen molar-refractivity contribution in [2.24, 2.45) is 0 Å². The molecule has 8 heteroatoms. The van der Waals surface area contributed by atoms with Gasteiger partial charge in [0.15, 0.2) is 0 Å². The zero-order valence-electron chi connectivity index (χ0n) is 14.6. The Hall–Kier alpha value is -2.80. The molecule has 0 aromatic heterocycles. The number of halogens is 1. The molecule has 2 aromatic rings. The number of nitrogens with one attached hydrogen (secondary N) is 1. The first-order chi connectivity index (χ1) is 12.4. The second kappa shape index (κ2) is 9.05. The molecule has 0 aliphatic carbocycles. The first-order valence-corrected chi connectivity index (χ1v) is 8.34. The molecule has 2 rings (SSSR count). The highest BCUT2D eigenvalue weighted by Gasteiger charge is 2.15. The van der Waals surface area contributed by atoms with Crippen LogP contribution in [-0.4, -0.2) is 36.4 Å². The van der Waals surface area contributed by atoms with Crippen LogP contribution in [0.1, 0.15) is 12.0 Å². The zero-order valence-corrected chi connectivity index (χ0v) is 15.3. The molecule has 0 aliphatic rings. The molecule has 2 aromatic carbocycles. The number of nitro groups is 1. The van der Waals surface area contributed by atoms with Crippen molar-refractivity contribution in [2.45, 2.75) is 13.0 Å². The van der Waals surface area contributed by atoms with Crippen molar-refractivity contribution in [1.29, 1.82) is 0 Å². The summed E-state index contributed by atoms with van der Waals surface area (Å²) in [5.41, 5.74) is 1.18. The average molecular weight is 378 g/mol. The molecule has 0 aliphatic heterocycles. The predicted molar refractivity (Wildman–Crippen MR) is 101 cm³/mol. The summed E-state index contributed by atoms with van der Waals surface area (Å²) in [6, 6.07) is 11.6. The Balaban J connectivity index is 1.92. The van der Waals surface area contributed by atoms with Crippen molar-refractivity contribution < 1.29 is 14.5 Å². The molecular formula is C18H20ClN3O4. The van der Waals surface area contributed by atoms with Gasteiger partial charge in [-0.2, -0.15) is 0 Å². The molecule has 0 saturated heterocycles. The fourth-order valence-electron chi connectivity index (χ4n) is 2.49. The van der Waals surface area contributed by atoms with Gasteiger partial charge in [0.1, 0.15) is 11.4 Å². The van der Waals surface area contributed by atoms with Gasteiger partial charge in [-0.1, -0.05) is 23.7 Å². The van der Waals surface area contributed by atoms with Crippen LogP contribution in [0.3, 0.4) is 0 Å². The van der Waals surface area contributed by atoms with E-state index in [2.05, 4.69) is 5.32 Å². The molecule has 0 radical (unpaired) electrons. The largest absolute Gasteiger partial charge is 0.496 e. The molecule has 0 unspecified atom stereocenters. The Morgan fingerprint density at radius 1 is 1.31 bits per heavy atom. The normalized spacial score (nSPS) is 10.3. The molecule has 1 amide bonds. The van der Waals surface area contributed by atoms with Crippen molar-refractivity contribution in [3.63, 3.8) is 0 Å². The fourth-order valence-corrected chi connectivity index (χ4v) is 2.69. The highest BCUT2D eigenvalue weighted by Crippen LogP contribution is 2.24. The molecule has 0 bridgehead atoms. The number of rotatable bonds is 8. The number of amides is 1. The van der Waals surface area contributed by atoms with Gasteiger partial charge in [-0.15, -0.1) is 0 Å². The number of hydrogen-bond acceptors (Lipinski definition) is 5. The van der Waals surface area contributed by atoms with Gasteiger partial charge in [-0.25, -0.2) is 0 Å². The highest BCUT2D eigenvalue weighted by molar-refractivity contribution is 6.30. The van der Waals surface area contributed by atoms with Crippen LogP contribution in [0, 0.1) is 10.1 Å². The van der Waals surface area contributed by atoms with Crippen molar-refractivity contribution in [1.82, 2.24) is 4.90 Å². The van der Waals surface area contributed by atoms with E-state index < -0.39 is 4.92 Å². The topological polar surface area (TPSA) is 84.7 Å². The molecule has 0 saturated carbocycles. The number of para-hydroxylation sites is 2. The summed E-state index contributed by atoms with van der Waals surface area (Å²) >= 11 is 6.00. The predicted octanol–water partition coefficient (Wildman–Crippen LogP) is 3.72. The number of nitrogens with zero attached hydrogens (tertiary/aromatic N) is 2. The Morgan fingerprint density at radius 3 is 2.73 bits per heavy atom. The molecule has 138 valence electrons. The number of ether oxygens (including phenoxy) is 1. The zero-order chi connectivity index (χ0) is 19.1. The summed E-state index contributed by atoms with van der Waals surface area (Å²) in [7, 11) is 3.25. The molecule has 0 atom stereocenters. The number of methoxy groups -OCH3 is 1. The maximum Gasteiger partial charge on any atom is 0.292 e. The second-order valence-electron chi connectivity index (χ2n) is 5.66. The quantitative estimate of drug-likeness (QED) is 0.559. The van der Waals surface area contributed by atoms with Crippen molar-refractivity contribution in [2.75, 3.05) is 26.0 Å². The van der Waals surface area contributed by atoms with Crippen LogP contribution < -0.4 is 10.1 Å². The lowest BCUT2D eigenvalue weighted by molar-refractivity contribution is -0.384. The van der Waals surface area contributed by atoms with E-state index in [0.717, 1.165) is 5.56 Å². The number of benzene rings is 2. The summed E-state index contributed by atoms with van der Waals surface area (Å²) < 4.78 is 5.28. The van der Waals surface area contributed by atoms with Gasteiger partial charge in [0.05, 0.1) is 12.0 Å². The van der Waals surface area contributed by atoms with Gasteiger partial charge in [0.2, 0.25) is 5.91 Å². The molecule has 26 heavy (non-hydrogen) atoms. The molecule has 7 nitrogen and oxygen atoms in total. The third kappa shape index (κ3) is 5.10. The van der Waals surface area contributed by atoms with Crippen LogP contribution >= 0.6 is 11.6 Å². The second-order valence-corrected chi connectivity index (χ2v) is 6.09. The monoisotopic (exact) mass is 377 g/mol. The van der Waals surface area contributed by atoms with Crippen molar-refractivity contribution in [3.05, 3.63) is 63.2 Å². The van der Waals surface area contributed by atoms with Gasteiger partial charge in [-0.05, 0) is 24.3 Å². The molecule has 1 N–H and O–H groups in total. The Labute approximate surface area is 156 Å². The van der Waals surface area contributed by atoms with E-state index in [9.17, 15) is 14.9 Å². The van der Waals surface area contributed by atoms with E-state index in [0.29, 0.717) is 29.5 Å². The van der Waals surface area contributed by atoms with Gasteiger partial charge >= 0.3 is 0 Å². The van der Waals surface area contributed by atoms with E-state index in [1.807, 2.05) is 0 Å². The first kappa shape index (κ1) is 19.5. The minimum atomic E-state index is -0.457. The third-order valence-corrected chi connectivity index (χ3v) is 4.07. The first-order valence-electron chi connectivity index (χ1n) is 7.96. The lowest BCUT2D eigenvalue weighted by Gasteiger charge is -2.19. The average Bonchev–Trinajstić information content (AvgIpc) is 2.62. The lowest BCUT2D eigenvalue weighted by atomic mass is 10.2. The molecule has 0 heterocycles. The third-order valence-electron chi connectivity index (χ3n) is 3.83. The summed E-state index contributed by atoms with van der Waals surface area (Å²) in [5.74, 6) is 0.560. The van der Waals surface area contributed by atoms with Crippen LogP contribution in [0.25, 0.3) is 0 Å². The minimum Gasteiger partial charge on any atom is -0.496 e. The maximum absolute atomic E-state index is 12.3. The summed E-state index contributed by atoms with van der Waals surface area (Å²) in [6.07, 6.45) is 0.200. The van der Waals surface area contributed by atoms with Gasteiger partial charge in [0.25, 0.3) is 5.69 Å². The number of anilines is 1. The van der Waals surface area contributed by atoms with Crippen LogP contribution in [-0.2, 0) is 11.3 Å². The van der Waals surface area contributed by atoms with Crippen LogP contribution in [0.4, 0.5) is 11.4 Å². The van der Waals surface area contributed by atoms with E-state index in [1.165, 1.54) is 6.07 Å². The standard InChI is InChI=1S/C18H20ClN3O4/c1-21(12-13-11-14(19)7-8-17(13)26-2)18(23)9-10-20-15-5-3-4-6-16(15)22(24)25/h3-8,11,20H,9-10,12H2,1-2H3. The smallest absolute Gasteiger partial charge is 0.292 e. The maximum atomic E-state index is 12.3. The lowest BCUT2D eigenvalue weighted by Crippen LogP contribution is -2.28. The number of hydrogen-bond donors (Lipinski definition) is 1. The minimum absolute atomic E-state index is 0.0167. The number of carbonyl (C=O) groups excluding carboxylic acids is 1. The molecular weight excluding hydrogens is 358 g/mol. The summed E-state index contributed by atoms with van der Waals surface area (Å²) in [5, 5.41) is 14.5.